The van der Waals surface area contributed by atoms with Crippen LogP contribution in [0.1, 0.15) is 57.9 Å². The van der Waals surface area contributed by atoms with Gasteiger partial charge in [0, 0.05) is 18.5 Å². The number of fused-ring (bicyclic) bond motifs is 1. The molecule has 2 aliphatic carbocycles. The van der Waals surface area contributed by atoms with E-state index in [0.717, 1.165) is 51.6 Å². The van der Waals surface area contributed by atoms with Gasteiger partial charge in [-0.15, -0.1) is 0 Å². The number of carbonyl (C=O) groups is 1. The summed E-state index contributed by atoms with van der Waals surface area (Å²) < 4.78 is 5.25. The van der Waals surface area contributed by atoms with Gasteiger partial charge in [-0.1, -0.05) is 32.4 Å². The Bertz CT molecular complexity index is 681. The lowest BCUT2D eigenvalue weighted by molar-refractivity contribution is -0.146. The van der Waals surface area contributed by atoms with Gasteiger partial charge in [0.25, 0.3) is 0 Å². The van der Waals surface area contributed by atoms with Crippen LogP contribution in [0.15, 0.2) is 35.2 Å². The third-order valence-corrected chi connectivity index (χ3v) is 7.68. The van der Waals surface area contributed by atoms with Crippen molar-refractivity contribution in [2.45, 2.75) is 58.8 Å². The van der Waals surface area contributed by atoms with Gasteiger partial charge in [0.15, 0.2) is 0 Å². The molecule has 0 aromatic carbocycles. The van der Waals surface area contributed by atoms with Crippen molar-refractivity contribution in [2.75, 3.05) is 27.2 Å². The molecule has 0 saturated heterocycles. The first-order chi connectivity index (χ1) is 13.3. The van der Waals surface area contributed by atoms with Gasteiger partial charge in [-0.05, 0) is 81.5 Å². The lowest BCUT2D eigenvalue weighted by atomic mass is 9.46. The number of amides is 1. The van der Waals surface area contributed by atoms with Crippen molar-refractivity contribution in [2.24, 2.45) is 22.7 Å². The molecule has 156 valence electrons. The molecule has 1 heterocycles. The molecule has 1 amide bonds. The van der Waals surface area contributed by atoms with Crippen molar-refractivity contribution < 1.29 is 9.21 Å². The SMILES string of the molecule is C=C1CC[C@H]2[C@@](C)(CCC[C@]2(C)C(=O)NCCN(C)C)[C@@H]1CCc1ccoc1. The van der Waals surface area contributed by atoms with Crippen LogP contribution in [0.5, 0.6) is 0 Å². The van der Waals surface area contributed by atoms with Crippen LogP contribution in [0.25, 0.3) is 0 Å². The van der Waals surface area contributed by atoms with Crippen molar-refractivity contribution in [3.63, 3.8) is 0 Å². The van der Waals surface area contributed by atoms with E-state index < -0.39 is 0 Å². The summed E-state index contributed by atoms with van der Waals surface area (Å²) in [5.41, 5.74) is 2.54. The number of nitrogens with zero attached hydrogens (tertiary/aromatic N) is 1. The number of likely N-dealkylation sites (N-methyl/N-ethyl adjacent to an activating group) is 1. The van der Waals surface area contributed by atoms with Crippen molar-refractivity contribution >= 4 is 5.91 Å². The summed E-state index contributed by atoms with van der Waals surface area (Å²) in [5, 5.41) is 3.24. The maximum atomic E-state index is 13.3. The van der Waals surface area contributed by atoms with Gasteiger partial charge < -0.3 is 14.6 Å². The zero-order chi connectivity index (χ0) is 20.4. The molecular weight excluding hydrogens is 348 g/mol. The number of nitrogens with one attached hydrogen (secondary N) is 1. The first-order valence-electron chi connectivity index (χ1n) is 10.9. The average Bonchev–Trinajstić information content (AvgIpc) is 3.14. The highest BCUT2D eigenvalue weighted by Crippen LogP contribution is 2.61. The molecule has 1 aromatic rings. The quantitative estimate of drug-likeness (QED) is 0.693. The van der Waals surface area contributed by atoms with Gasteiger partial charge in [-0.25, -0.2) is 0 Å². The molecule has 1 N–H and O–H groups in total. The normalized spacial score (nSPS) is 33.0. The highest BCUT2D eigenvalue weighted by molar-refractivity contribution is 5.83. The average molecular weight is 387 g/mol. The van der Waals surface area contributed by atoms with Gasteiger partial charge in [0.2, 0.25) is 5.91 Å². The highest BCUT2D eigenvalue weighted by Gasteiger charge is 2.56. The van der Waals surface area contributed by atoms with Crippen molar-refractivity contribution in [1.82, 2.24) is 10.2 Å². The van der Waals surface area contributed by atoms with Crippen molar-refractivity contribution in [3.8, 4) is 0 Å². The topological polar surface area (TPSA) is 45.5 Å². The minimum atomic E-state index is -0.270. The second-order valence-electron chi connectivity index (χ2n) is 9.81. The van der Waals surface area contributed by atoms with E-state index in [1.807, 2.05) is 20.4 Å². The summed E-state index contributed by atoms with van der Waals surface area (Å²) in [6.07, 6.45) is 11.2. The van der Waals surface area contributed by atoms with E-state index in [4.69, 9.17) is 4.42 Å². The molecule has 0 bridgehead atoms. The number of hydrogen-bond acceptors (Lipinski definition) is 3. The number of allylic oxidation sites excluding steroid dienone is 1. The zero-order valence-electron chi connectivity index (χ0n) is 18.2. The summed E-state index contributed by atoms with van der Waals surface area (Å²) in [6, 6.07) is 2.06. The summed E-state index contributed by atoms with van der Waals surface area (Å²) in [7, 11) is 4.09. The molecule has 28 heavy (non-hydrogen) atoms. The van der Waals surface area contributed by atoms with Crippen LogP contribution in [0, 0.1) is 22.7 Å². The summed E-state index contributed by atoms with van der Waals surface area (Å²) in [6.45, 7) is 10.7. The maximum absolute atomic E-state index is 13.3. The molecule has 0 spiro atoms. The lowest BCUT2D eigenvalue weighted by Crippen LogP contribution is -2.56. The number of carbonyl (C=O) groups excluding carboxylic acids is 1. The Balaban J connectivity index is 1.76. The van der Waals surface area contributed by atoms with Crippen LogP contribution in [0.3, 0.4) is 0 Å². The minimum absolute atomic E-state index is 0.158. The Morgan fingerprint density at radius 3 is 2.82 bits per heavy atom. The molecule has 4 heteroatoms. The van der Waals surface area contributed by atoms with E-state index in [0.29, 0.717) is 11.8 Å². The van der Waals surface area contributed by atoms with E-state index in [2.05, 4.69) is 36.7 Å². The molecule has 3 rings (SSSR count). The first kappa shape index (κ1) is 21.2. The van der Waals surface area contributed by atoms with Gasteiger partial charge in [-0.2, -0.15) is 0 Å². The predicted molar refractivity (Wildman–Crippen MR) is 114 cm³/mol. The van der Waals surface area contributed by atoms with Crippen LogP contribution in [-0.4, -0.2) is 38.0 Å². The highest BCUT2D eigenvalue weighted by atomic mass is 16.3. The molecular formula is C24H38N2O2. The number of rotatable bonds is 7. The van der Waals surface area contributed by atoms with E-state index in [1.165, 1.54) is 17.6 Å². The molecule has 2 aliphatic rings. The predicted octanol–water partition coefficient (Wildman–Crippen LogP) is 4.67. The van der Waals surface area contributed by atoms with Crippen LogP contribution in [-0.2, 0) is 11.2 Å². The Kier molecular flexibility index (Phi) is 6.38. The van der Waals surface area contributed by atoms with E-state index in [-0.39, 0.29) is 16.7 Å². The summed E-state index contributed by atoms with van der Waals surface area (Å²) in [5.74, 6) is 1.16. The Morgan fingerprint density at radius 2 is 2.14 bits per heavy atom. The van der Waals surface area contributed by atoms with E-state index in [9.17, 15) is 4.79 Å². The molecule has 2 saturated carbocycles. The molecule has 4 atom stereocenters. The van der Waals surface area contributed by atoms with Crippen LogP contribution >= 0.6 is 0 Å². The largest absolute Gasteiger partial charge is 0.472 e. The second-order valence-corrected chi connectivity index (χ2v) is 9.81. The third kappa shape index (κ3) is 4.07. The van der Waals surface area contributed by atoms with E-state index in [1.54, 1.807) is 6.26 Å². The van der Waals surface area contributed by atoms with Crippen molar-refractivity contribution in [3.05, 3.63) is 36.3 Å². The lowest BCUT2D eigenvalue weighted by Gasteiger charge is -2.58. The first-order valence-corrected chi connectivity index (χ1v) is 10.9. The molecule has 0 aliphatic heterocycles. The van der Waals surface area contributed by atoms with Crippen LogP contribution in [0.4, 0.5) is 0 Å². The summed E-state index contributed by atoms with van der Waals surface area (Å²) in [4.78, 5) is 15.4. The molecule has 4 nitrogen and oxygen atoms in total. The second kappa shape index (κ2) is 8.44. The Morgan fingerprint density at radius 1 is 1.36 bits per heavy atom. The Hall–Kier alpha value is -1.55. The fraction of sp³-hybridized carbons (Fsp3) is 0.708. The Labute approximate surface area is 170 Å². The van der Waals surface area contributed by atoms with E-state index >= 15 is 0 Å². The molecule has 1 aromatic heterocycles. The number of furan rings is 1. The van der Waals surface area contributed by atoms with Crippen LogP contribution < -0.4 is 5.32 Å². The number of hydrogen-bond donors (Lipinski definition) is 1. The monoisotopic (exact) mass is 386 g/mol. The van der Waals surface area contributed by atoms with Crippen molar-refractivity contribution in [1.29, 1.82) is 0 Å². The standard InChI is InChI=1S/C24H38N2O2/c1-18-7-10-21-23(2,20(18)9-8-19-11-16-28-17-19)12-6-13-24(21,3)22(27)25-14-15-26(4)5/h11,16-17,20-21H,1,6-10,12-15H2,2-5H3,(H,25,27)/t20-,21+,23+,24+/m1/s1. The third-order valence-electron chi connectivity index (χ3n) is 7.68. The number of aryl methyl sites for hydroxylation is 1. The smallest absolute Gasteiger partial charge is 0.226 e. The fourth-order valence-corrected chi connectivity index (χ4v) is 6.09. The van der Waals surface area contributed by atoms with Gasteiger partial charge >= 0.3 is 0 Å². The molecule has 0 radical (unpaired) electrons. The van der Waals surface area contributed by atoms with Gasteiger partial charge in [-0.3, -0.25) is 4.79 Å². The fourth-order valence-electron chi connectivity index (χ4n) is 6.09. The maximum Gasteiger partial charge on any atom is 0.226 e. The molecule has 0 unspecified atom stereocenters. The van der Waals surface area contributed by atoms with Gasteiger partial charge in [0.05, 0.1) is 12.5 Å². The minimum Gasteiger partial charge on any atom is -0.472 e. The van der Waals surface area contributed by atoms with Gasteiger partial charge in [0.1, 0.15) is 0 Å². The summed E-state index contributed by atoms with van der Waals surface area (Å²) >= 11 is 0. The molecule has 2 fully saturated rings. The zero-order valence-corrected chi connectivity index (χ0v) is 18.2. The van der Waals surface area contributed by atoms with Crippen LogP contribution in [0.2, 0.25) is 0 Å².